The fraction of sp³-hybridized carbons (Fsp3) is 0.304. The van der Waals surface area contributed by atoms with Crippen molar-refractivity contribution < 1.29 is 4.79 Å². The molecule has 2 aromatic carbocycles. The number of nitrogens with one attached hydrogen (secondary N) is 2. The Kier molecular flexibility index (Phi) is 6.18. The second-order valence-electron chi connectivity index (χ2n) is 7.51. The maximum absolute atomic E-state index is 12.9. The zero-order valence-electron chi connectivity index (χ0n) is 18.2. The average Bonchev–Trinajstić information content (AvgIpc) is 3.14. The molecule has 0 saturated carbocycles. The van der Waals surface area contributed by atoms with Crippen LogP contribution in [0.5, 0.6) is 0 Å². The van der Waals surface area contributed by atoms with Crippen LogP contribution >= 0.6 is 0 Å². The standard InChI is InChI=1S/C23H26N6O3/c1-3-27(4-2)13-14-28-19-12-8-6-10-17(19)24-22(28)25-20(30)15-29-18-11-7-5-9-16(18)21(31)26-23(29)32/h5-12H,3-4,13-15H2,1-2H3,(H,24,25,30)(H,26,31,32). The van der Waals surface area contributed by atoms with Crippen LogP contribution in [0, 0.1) is 0 Å². The number of carbonyl (C=O) groups excluding carboxylic acids is 1. The van der Waals surface area contributed by atoms with Gasteiger partial charge in [0, 0.05) is 13.1 Å². The molecule has 1 amide bonds. The SMILES string of the molecule is CCN(CC)CCn1c(NC(=O)Cn2c(=O)[nH]c(=O)c3ccccc32)nc2ccccc21. The summed E-state index contributed by atoms with van der Waals surface area (Å²) in [5, 5.41) is 3.21. The number of nitrogens with zero attached hydrogens (tertiary/aromatic N) is 4. The maximum atomic E-state index is 12.9. The van der Waals surface area contributed by atoms with Crippen molar-refractivity contribution in [2.75, 3.05) is 25.0 Å². The highest BCUT2D eigenvalue weighted by molar-refractivity contribution is 5.92. The van der Waals surface area contributed by atoms with Gasteiger partial charge < -0.3 is 9.47 Å². The molecular formula is C23H26N6O3. The number of carbonyl (C=O) groups is 1. The lowest BCUT2D eigenvalue weighted by Crippen LogP contribution is -2.34. The Bertz CT molecular complexity index is 1380. The number of aromatic nitrogens is 4. The number of H-pyrrole nitrogens is 1. The van der Waals surface area contributed by atoms with E-state index in [-0.39, 0.29) is 6.54 Å². The molecule has 2 heterocycles. The zero-order valence-corrected chi connectivity index (χ0v) is 18.2. The van der Waals surface area contributed by atoms with Gasteiger partial charge in [-0.2, -0.15) is 0 Å². The Labute approximate surface area is 184 Å². The van der Waals surface area contributed by atoms with Crippen LogP contribution in [0.25, 0.3) is 21.9 Å². The van der Waals surface area contributed by atoms with Gasteiger partial charge in [-0.15, -0.1) is 0 Å². The molecule has 0 atom stereocenters. The highest BCUT2D eigenvalue weighted by Gasteiger charge is 2.16. The molecule has 4 aromatic rings. The van der Waals surface area contributed by atoms with E-state index in [1.807, 2.05) is 28.8 Å². The van der Waals surface area contributed by atoms with Crippen molar-refractivity contribution in [3.05, 3.63) is 69.4 Å². The first-order chi connectivity index (χ1) is 15.5. The van der Waals surface area contributed by atoms with Crippen LogP contribution in [0.2, 0.25) is 0 Å². The zero-order chi connectivity index (χ0) is 22.7. The van der Waals surface area contributed by atoms with Gasteiger partial charge in [0.25, 0.3) is 5.56 Å². The number of hydrogen-bond donors (Lipinski definition) is 2. The predicted molar refractivity (Wildman–Crippen MR) is 125 cm³/mol. The lowest BCUT2D eigenvalue weighted by Gasteiger charge is -2.19. The first-order valence-electron chi connectivity index (χ1n) is 10.7. The van der Waals surface area contributed by atoms with Gasteiger partial charge in [0.1, 0.15) is 6.54 Å². The normalized spacial score (nSPS) is 11.5. The van der Waals surface area contributed by atoms with Gasteiger partial charge in [-0.1, -0.05) is 38.1 Å². The van der Waals surface area contributed by atoms with Crippen LogP contribution < -0.4 is 16.6 Å². The molecule has 0 unspecified atom stereocenters. The van der Waals surface area contributed by atoms with Crippen LogP contribution in [0.4, 0.5) is 5.95 Å². The van der Waals surface area contributed by atoms with E-state index in [1.165, 1.54) is 4.57 Å². The highest BCUT2D eigenvalue weighted by Crippen LogP contribution is 2.20. The van der Waals surface area contributed by atoms with E-state index in [9.17, 15) is 14.4 Å². The summed E-state index contributed by atoms with van der Waals surface area (Å²) in [6.45, 7) is 7.35. The van der Waals surface area contributed by atoms with Crippen LogP contribution in [0.15, 0.2) is 58.1 Å². The summed E-state index contributed by atoms with van der Waals surface area (Å²) < 4.78 is 3.24. The first kappa shape index (κ1) is 21.5. The molecule has 9 nitrogen and oxygen atoms in total. The minimum Gasteiger partial charge on any atom is -0.309 e. The third kappa shape index (κ3) is 4.19. The Balaban J connectivity index is 1.64. The number of likely N-dealkylation sites (N-methyl/N-ethyl adjacent to an activating group) is 1. The third-order valence-electron chi connectivity index (χ3n) is 5.65. The van der Waals surface area contributed by atoms with E-state index in [1.54, 1.807) is 24.3 Å². The largest absolute Gasteiger partial charge is 0.329 e. The minimum absolute atomic E-state index is 0.241. The van der Waals surface area contributed by atoms with E-state index in [4.69, 9.17) is 0 Å². The Morgan fingerprint density at radius 1 is 1.00 bits per heavy atom. The van der Waals surface area contributed by atoms with Gasteiger partial charge in [0.05, 0.1) is 21.9 Å². The Morgan fingerprint density at radius 2 is 1.69 bits per heavy atom. The van der Waals surface area contributed by atoms with Crippen molar-refractivity contribution in [3.8, 4) is 0 Å². The number of para-hydroxylation sites is 3. The van der Waals surface area contributed by atoms with E-state index in [0.29, 0.717) is 23.4 Å². The van der Waals surface area contributed by atoms with Gasteiger partial charge in [-0.3, -0.25) is 24.5 Å². The number of aromatic amines is 1. The predicted octanol–water partition coefficient (Wildman–Crippen LogP) is 2.02. The molecule has 2 aromatic heterocycles. The van der Waals surface area contributed by atoms with Gasteiger partial charge in [-0.25, -0.2) is 9.78 Å². The number of imidazole rings is 1. The highest BCUT2D eigenvalue weighted by atomic mass is 16.2. The second kappa shape index (κ2) is 9.19. The van der Waals surface area contributed by atoms with Crippen molar-refractivity contribution in [1.82, 2.24) is 24.0 Å². The molecule has 4 rings (SSSR count). The first-order valence-corrected chi connectivity index (χ1v) is 10.7. The van der Waals surface area contributed by atoms with E-state index < -0.39 is 17.2 Å². The fourth-order valence-corrected chi connectivity index (χ4v) is 3.89. The fourth-order valence-electron chi connectivity index (χ4n) is 3.89. The van der Waals surface area contributed by atoms with Crippen LogP contribution in [0.3, 0.4) is 0 Å². The quantitative estimate of drug-likeness (QED) is 0.441. The summed E-state index contributed by atoms with van der Waals surface area (Å²) in [6.07, 6.45) is 0. The molecule has 0 spiro atoms. The molecule has 9 heteroatoms. The average molecular weight is 435 g/mol. The summed E-state index contributed by atoms with van der Waals surface area (Å²) in [5.41, 5.74) is 1.03. The van der Waals surface area contributed by atoms with E-state index >= 15 is 0 Å². The third-order valence-corrected chi connectivity index (χ3v) is 5.65. The molecule has 0 radical (unpaired) electrons. The van der Waals surface area contributed by atoms with Crippen LogP contribution in [-0.2, 0) is 17.9 Å². The molecule has 166 valence electrons. The van der Waals surface area contributed by atoms with Crippen LogP contribution in [0.1, 0.15) is 13.8 Å². The topological polar surface area (TPSA) is 105 Å². The van der Waals surface area contributed by atoms with Crippen molar-refractivity contribution in [3.63, 3.8) is 0 Å². The molecule has 0 aliphatic rings. The van der Waals surface area contributed by atoms with Gasteiger partial charge in [0.15, 0.2) is 0 Å². The van der Waals surface area contributed by atoms with Crippen molar-refractivity contribution in [2.24, 2.45) is 0 Å². The summed E-state index contributed by atoms with van der Waals surface area (Å²) in [4.78, 5) is 46.5. The summed E-state index contributed by atoms with van der Waals surface area (Å²) in [7, 11) is 0. The van der Waals surface area contributed by atoms with Crippen molar-refractivity contribution >= 4 is 33.8 Å². The summed E-state index contributed by atoms with van der Waals surface area (Å²) in [5.74, 6) is 0.0360. The number of benzene rings is 2. The van der Waals surface area contributed by atoms with E-state index in [2.05, 4.69) is 34.0 Å². The second-order valence-corrected chi connectivity index (χ2v) is 7.51. The molecule has 2 N–H and O–H groups in total. The molecule has 0 aliphatic carbocycles. The number of hydrogen-bond acceptors (Lipinski definition) is 5. The van der Waals surface area contributed by atoms with Crippen molar-refractivity contribution in [2.45, 2.75) is 26.9 Å². The summed E-state index contributed by atoms with van der Waals surface area (Å²) >= 11 is 0. The molecule has 0 bridgehead atoms. The van der Waals surface area contributed by atoms with Gasteiger partial charge in [0.2, 0.25) is 11.9 Å². The minimum atomic E-state index is -0.626. The lowest BCUT2D eigenvalue weighted by atomic mass is 10.2. The Morgan fingerprint density at radius 3 is 2.44 bits per heavy atom. The summed E-state index contributed by atoms with van der Waals surface area (Å²) in [6, 6.07) is 14.4. The van der Waals surface area contributed by atoms with Gasteiger partial charge in [-0.05, 0) is 37.4 Å². The molecule has 0 saturated heterocycles. The maximum Gasteiger partial charge on any atom is 0.329 e. The van der Waals surface area contributed by atoms with Gasteiger partial charge >= 0.3 is 5.69 Å². The number of amides is 1. The van der Waals surface area contributed by atoms with Crippen molar-refractivity contribution in [1.29, 1.82) is 0 Å². The number of anilines is 1. The van der Waals surface area contributed by atoms with Crippen LogP contribution in [-0.4, -0.2) is 49.5 Å². The molecule has 32 heavy (non-hydrogen) atoms. The Hall–Kier alpha value is -3.72. The monoisotopic (exact) mass is 434 g/mol. The molecule has 0 fully saturated rings. The van der Waals surface area contributed by atoms with E-state index in [0.717, 1.165) is 30.7 Å². The number of fused-ring (bicyclic) bond motifs is 2. The smallest absolute Gasteiger partial charge is 0.309 e. The number of rotatable bonds is 8. The lowest BCUT2D eigenvalue weighted by molar-refractivity contribution is -0.116. The molecule has 0 aliphatic heterocycles. The molecular weight excluding hydrogens is 408 g/mol.